The largest absolute Gasteiger partial charge is 0.464 e. The molecule has 1 aliphatic rings. The normalized spacial score (nSPS) is 22.5. The van der Waals surface area contributed by atoms with Gasteiger partial charge in [-0.05, 0) is 19.4 Å². The van der Waals surface area contributed by atoms with Crippen molar-refractivity contribution >= 4 is 5.97 Å². The van der Waals surface area contributed by atoms with Crippen LogP contribution in [0.15, 0.2) is 0 Å². The third kappa shape index (κ3) is 4.34. The highest BCUT2D eigenvalue weighted by atomic mass is 16.5. The minimum Gasteiger partial charge on any atom is -0.464 e. The fourth-order valence-electron chi connectivity index (χ4n) is 1.31. The Morgan fingerprint density at radius 3 is 2.83 bits per heavy atom. The molecule has 0 atom stereocenters. The third-order valence-electron chi connectivity index (χ3n) is 2.03. The average Bonchev–Trinajstić information content (AvgIpc) is 2.11. The molecule has 0 aliphatic carbocycles. The lowest BCUT2D eigenvalue weighted by Crippen LogP contribution is -2.21. The molecule has 0 bridgehead atoms. The van der Waals surface area contributed by atoms with Gasteiger partial charge in [-0.3, -0.25) is 4.79 Å². The van der Waals surface area contributed by atoms with Crippen LogP contribution < -0.4 is 5.32 Å². The van der Waals surface area contributed by atoms with Crippen LogP contribution in [0.3, 0.4) is 0 Å². The zero-order chi connectivity index (χ0) is 8.65. The number of carbonyl (C=O) groups excluding carboxylic acids is 1. The molecule has 3 heteroatoms. The van der Waals surface area contributed by atoms with Crippen molar-refractivity contribution in [2.24, 2.45) is 0 Å². The highest BCUT2D eigenvalue weighted by Gasteiger charge is 2.03. The zero-order valence-electron chi connectivity index (χ0n) is 7.47. The number of rotatable bonds is 0. The molecule has 1 N–H and O–H groups in total. The number of cyclic esters (lactones) is 1. The zero-order valence-corrected chi connectivity index (χ0v) is 7.47. The van der Waals surface area contributed by atoms with Gasteiger partial charge in [0.15, 0.2) is 0 Å². The standard InChI is InChI=1S/C9H17NO2/c11-9-5-3-1-2-4-6-10-7-8-12-9/h10H,1-8H2. The van der Waals surface area contributed by atoms with E-state index in [1.165, 1.54) is 12.8 Å². The highest BCUT2D eigenvalue weighted by Crippen LogP contribution is 2.04. The lowest BCUT2D eigenvalue weighted by atomic mass is 10.1. The van der Waals surface area contributed by atoms with E-state index in [4.69, 9.17) is 4.74 Å². The summed E-state index contributed by atoms with van der Waals surface area (Å²) in [6.45, 7) is 2.38. The number of nitrogens with one attached hydrogen (secondary N) is 1. The van der Waals surface area contributed by atoms with E-state index in [2.05, 4.69) is 5.32 Å². The summed E-state index contributed by atoms with van der Waals surface area (Å²) in [6, 6.07) is 0. The van der Waals surface area contributed by atoms with Crippen LogP contribution in [0.25, 0.3) is 0 Å². The quantitative estimate of drug-likeness (QED) is 0.554. The van der Waals surface area contributed by atoms with E-state index >= 15 is 0 Å². The Bertz CT molecular complexity index is 122. The molecule has 0 unspecified atom stereocenters. The number of carbonyl (C=O) groups is 1. The molecule has 0 spiro atoms. The maximum Gasteiger partial charge on any atom is 0.305 e. The van der Waals surface area contributed by atoms with Gasteiger partial charge in [0.1, 0.15) is 6.61 Å². The molecule has 70 valence electrons. The molecule has 0 saturated carbocycles. The van der Waals surface area contributed by atoms with Crippen molar-refractivity contribution in [3.05, 3.63) is 0 Å². The minimum absolute atomic E-state index is 0.0429. The summed E-state index contributed by atoms with van der Waals surface area (Å²) in [4.78, 5) is 11.0. The Morgan fingerprint density at radius 1 is 1.08 bits per heavy atom. The second-order valence-electron chi connectivity index (χ2n) is 3.13. The lowest BCUT2D eigenvalue weighted by Gasteiger charge is -2.03. The number of ether oxygens (including phenoxy) is 1. The van der Waals surface area contributed by atoms with Crippen LogP contribution in [0.1, 0.15) is 32.1 Å². The molecule has 1 fully saturated rings. The van der Waals surface area contributed by atoms with Gasteiger partial charge >= 0.3 is 5.97 Å². The SMILES string of the molecule is O=C1CCCCCCNCCO1. The fraction of sp³-hybridized carbons (Fsp3) is 0.889. The molecule has 0 amide bonds. The van der Waals surface area contributed by atoms with Crippen molar-refractivity contribution < 1.29 is 9.53 Å². The second kappa shape index (κ2) is 6.00. The molecule has 0 aromatic rings. The Kier molecular flexibility index (Phi) is 4.76. The molecule has 0 aromatic carbocycles. The molecule has 12 heavy (non-hydrogen) atoms. The Labute approximate surface area is 73.5 Å². The van der Waals surface area contributed by atoms with Crippen LogP contribution in [0, 0.1) is 0 Å². The van der Waals surface area contributed by atoms with Gasteiger partial charge in [-0.1, -0.05) is 12.8 Å². The van der Waals surface area contributed by atoms with Crippen molar-refractivity contribution in [2.45, 2.75) is 32.1 Å². The van der Waals surface area contributed by atoms with Gasteiger partial charge in [-0.15, -0.1) is 0 Å². The van der Waals surface area contributed by atoms with E-state index in [0.717, 1.165) is 25.9 Å². The first-order valence-corrected chi connectivity index (χ1v) is 4.76. The Hall–Kier alpha value is -0.570. The number of hydrogen-bond donors (Lipinski definition) is 1. The predicted octanol–water partition coefficient (Wildman–Crippen LogP) is 1.08. The van der Waals surface area contributed by atoms with E-state index in [0.29, 0.717) is 13.0 Å². The summed E-state index contributed by atoms with van der Waals surface area (Å²) in [5, 5.41) is 3.23. The molecular weight excluding hydrogens is 154 g/mol. The first-order valence-electron chi connectivity index (χ1n) is 4.76. The van der Waals surface area contributed by atoms with Gasteiger partial charge in [0.2, 0.25) is 0 Å². The summed E-state index contributed by atoms with van der Waals surface area (Å²) in [5.41, 5.74) is 0. The summed E-state index contributed by atoms with van der Waals surface area (Å²) >= 11 is 0. The van der Waals surface area contributed by atoms with Crippen LogP contribution in [0.2, 0.25) is 0 Å². The van der Waals surface area contributed by atoms with Crippen LogP contribution in [0.4, 0.5) is 0 Å². The minimum atomic E-state index is -0.0429. The predicted molar refractivity (Wildman–Crippen MR) is 46.9 cm³/mol. The summed E-state index contributed by atoms with van der Waals surface area (Å²) in [6.07, 6.45) is 5.17. The molecule has 1 saturated heterocycles. The first kappa shape index (κ1) is 9.52. The summed E-state index contributed by atoms with van der Waals surface area (Å²) in [5.74, 6) is -0.0429. The Morgan fingerprint density at radius 2 is 1.92 bits per heavy atom. The van der Waals surface area contributed by atoms with Gasteiger partial charge in [0.05, 0.1) is 0 Å². The average molecular weight is 171 g/mol. The van der Waals surface area contributed by atoms with Crippen LogP contribution in [-0.4, -0.2) is 25.7 Å². The molecule has 3 nitrogen and oxygen atoms in total. The van der Waals surface area contributed by atoms with Crippen molar-refractivity contribution in [2.75, 3.05) is 19.7 Å². The molecule has 1 heterocycles. The van der Waals surface area contributed by atoms with E-state index in [1.807, 2.05) is 0 Å². The van der Waals surface area contributed by atoms with Crippen LogP contribution >= 0.6 is 0 Å². The summed E-state index contributed by atoms with van der Waals surface area (Å²) in [7, 11) is 0. The smallest absolute Gasteiger partial charge is 0.305 e. The van der Waals surface area contributed by atoms with Crippen molar-refractivity contribution in [1.29, 1.82) is 0 Å². The molecule has 0 aromatic heterocycles. The topological polar surface area (TPSA) is 38.3 Å². The van der Waals surface area contributed by atoms with E-state index in [-0.39, 0.29) is 5.97 Å². The van der Waals surface area contributed by atoms with E-state index in [1.54, 1.807) is 0 Å². The molecule has 1 rings (SSSR count). The van der Waals surface area contributed by atoms with Gasteiger partial charge in [-0.2, -0.15) is 0 Å². The highest BCUT2D eigenvalue weighted by molar-refractivity contribution is 5.69. The van der Waals surface area contributed by atoms with Gasteiger partial charge in [-0.25, -0.2) is 0 Å². The van der Waals surface area contributed by atoms with Crippen LogP contribution in [-0.2, 0) is 9.53 Å². The lowest BCUT2D eigenvalue weighted by molar-refractivity contribution is -0.143. The summed E-state index contributed by atoms with van der Waals surface area (Å²) < 4.78 is 4.97. The van der Waals surface area contributed by atoms with E-state index in [9.17, 15) is 4.79 Å². The van der Waals surface area contributed by atoms with Crippen molar-refractivity contribution in [3.63, 3.8) is 0 Å². The number of hydrogen-bond acceptors (Lipinski definition) is 3. The molecule has 0 radical (unpaired) electrons. The molecule has 1 aliphatic heterocycles. The Balaban J connectivity index is 2.17. The second-order valence-corrected chi connectivity index (χ2v) is 3.13. The van der Waals surface area contributed by atoms with Crippen molar-refractivity contribution in [3.8, 4) is 0 Å². The number of esters is 1. The van der Waals surface area contributed by atoms with Gasteiger partial charge < -0.3 is 10.1 Å². The first-order chi connectivity index (χ1) is 5.89. The molecular formula is C9H17NO2. The van der Waals surface area contributed by atoms with Gasteiger partial charge in [0, 0.05) is 13.0 Å². The fourth-order valence-corrected chi connectivity index (χ4v) is 1.31. The van der Waals surface area contributed by atoms with E-state index < -0.39 is 0 Å². The van der Waals surface area contributed by atoms with Crippen LogP contribution in [0.5, 0.6) is 0 Å². The van der Waals surface area contributed by atoms with Gasteiger partial charge in [0.25, 0.3) is 0 Å². The van der Waals surface area contributed by atoms with Crippen molar-refractivity contribution in [1.82, 2.24) is 5.32 Å². The maximum absolute atomic E-state index is 11.0. The maximum atomic E-state index is 11.0. The third-order valence-corrected chi connectivity index (χ3v) is 2.03. The monoisotopic (exact) mass is 171 g/mol.